The Morgan fingerprint density at radius 2 is 1.85 bits per heavy atom. The smallest absolute Gasteiger partial charge is 0.259 e. The summed E-state index contributed by atoms with van der Waals surface area (Å²) in [5.74, 6) is 4.07. The molecular weight excluding hydrogens is 487 g/mol. The maximum absolute atomic E-state index is 14.0. The molecule has 1 aromatic rings. The Bertz CT molecular complexity index is 930. The molecule has 3 rings (SSSR count). The van der Waals surface area contributed by atoms with Gasteiger partial charge in [0.2, 0.25) is 0 Å². The Morgan fingerprint density at radius 3 is 2.44 bits per heavy atom. The van der Waals surface area contributed by atoms with Crippen LogP contribution in [0.1, 0.15) is 91.0 Å². The first-order valence-corrected chi connectivity index (χ1v) is 15.4. The van der Waals surface area contributed by atoms with Crippen LogP contribution in [0.15, 0.2) is 48.1 Å². The number of nitrogens with zero attached hydrogens (tertiary/aromatic N) is 1. The second-order valence-corrected chi connectivity index (χ2v) is 12.9. The summed E-state index contributed by atoms with van der Waals surface area (Å²) >= 11 is 0. The molecule has 2 N–H and O–H groups in total. The summed E-state index contributed by atoms with van der Waals surface area (Å²) in [5.41, 5.74) is 2.89. The predicted octanol–water partition coefficient (Wildman–Crippen LogP) is 7.70. The van der Waals surface area contributed by atoms with Crippen molar-refractivity contribution in [3.05, 3.63) is 53.6 Å². The van der Waals surface area contributed by atoms with E-state index < -0.39 is 12.6 Å². The number of aliphatic hydroxyl groups excluding tert-OH is 1. The predicted molar refractivity (Wildman–Crippen MR) is 162 cm³/mol. The topological polar surface area (TPSA) is 44.7 Å². The molecule has 1 fully saturated rings. The van der Waals surface area contributed by atoms with Crippen LogP contribution >= 0.6 is 0 Å². The van der Waals surface area contributed by atoms with E-state index in [9.17, 15) is 9.50 Å². The van der Waals surface area contributed by atoms with E-state index in [1.165, 1.54) is 37.7 Å². The van der Waals surface area contributed by atoms with Crippen molar-refractivity contribution in [3.8, 4) is 5.75 Å². The van der Waals surface area contributed by atoms with Crippen LogP contribution in [0.25, 0.3) is 0 Å². The molecule has 2 aliphatic carbocycles. The van der Waals surface area contributed by atoms with Crippen LogP contribution < -0.4 is 10.1 Å². The van der Waals surface area contributed by atoms with Crippen molar-refractivity contribution in [1.29, 1.82) is 0 Å². The van der Waals surface area contributed by atoms with Gasteiger partial charge in [0.1, 0.15) is 12.0 Å². The minimum absolute atomic E-state index is 0.384. The highest BCUT2D eigenvalue weighted by atomic mass is 19.1. The monoisotopic (exact) mass is 542 g/mol. The number of hydrogen-bond acceptors (Lipinski definition) is 4. The van der Waals surface area contributed by atoms with Crippen LogP contribution in [0.4, 0.5) is 4.39 Å². The number of aliphatic hydroxyl groups is 1. The van der Waals surface area contributed by atoms with Gasteiger partial charge in [-0.1, -0.05) is 71.7 Å². The molecule has 8 unspecified atom stereocenters. The van der Waals surface area contributed by atoms with Crippen molar-refractivity contribution in [3.63, 3.8) is 0 Å². The summed E-state index contributed by atoms with van der Waals surface area (Å²) in [7, 11) is 3.87. The van der Waals surface area contributed by atoms with E-state index in [0.29, 0.717) is 52.9 Å². The molecular formula is C34H55FN2O2. The van der Waals surface area contributed by atoms with Crippen molar-refractivity contribution in [1.82, 2.24) is 10.2 Å². The van der Waals surface area contributed by atoms with Crippen LogP contribution in [0.2, 0.25) is 0 Å². The highest BCUT2D eigenvalue weighted by Gasteiger charge is 2.37. The largest absolute Gasteiger partial charge is 0.457 e. The van der Waals surface area contributed by atoms with Crippen LogP contribution in [-0.4, -0.2) is 49.3 Å². The van der Waals surface area contributed by atoms with E-state index in [0.717, 1.165) is 25.0 Å². The molecule has 4 nitrogen and oxygen atoms in total. The Morgan fingerprint density at radius 1 is 1.15 bits per heavy atom. The maximum Gasteiger partial charge on any atom is 0.259 e. The number of rotatable bonds is 12. The van der Waals surface area contributed by atoms with Gasteiger partial charge in [0, 0.05) is 6.04 Å². The normalized spacial score (nSPS) is 31.3. The van der Waals surface area contributed by atoms with Crippen LogP contribution in [0, 0.1) is 29.6 Å². The molecule has 39 heavy (non-hydrogen) atoms. The van der Waals surface area contributed by atoms with E-state index >= 15 is 0 Å². The quantitative estimate of drug-likeness (QED) is 0.161. The molecule has 0 amide bonds. The average molecular weight is 543 g/mol. The van der Waals surface area contributed by atoms with Gasteiger partial charge in [-0.15, -0.1) is 0 Å². The van der Waals surface area contributed by atoms with Crippen molar-refractivity contribution < 1.29 is 14.2 Å². The standard InChI is InChI=1S/C34H55FN2O2/c1-9-10-11-27-20-28(26-12-15-30(16-13-26)39-33(35)22(2)3)18-23(4)25(6)32(27)21-36-29-14-17-31(24(5)19-29)34(38)37(7)8/h12-13,15-17,23-25,27-29,32-34,36,38H,2,9-11,14,18-21H2,1,3-8H3/t23?,24?,25-,27?,28?,29?,32?,33?,34?/m0/s1. The van der Waals surface area contributed by atoms with E-state index in [1.54, 1.807) is 6.92 Å². The molecule has 1 aromatic carbocycles. The van der Waals surface area contributed by atoms with Crippen molar-refractivity contribution in [2.45, 2.75) is 104 Å². The fourth-order valence-corrected chi connectivity index (χ4v) is 6.88. The number of alkyl halides is 1. The summed E-state index contributed by atoms with van der Waals surface area (Å²) in [4.78, 5) is 1.89. The number of hydrogen-bond donors (Lipinski definition) is 2. The van der Waals surface area contributed by atoms with Gasteiger partial charge in [0.05, 0.1) is 0 Å². The van der Waals surface area contributed by atoms with Gasteiger partial charge in [-0.05, 0) is 118 Å². The Labute approximate surface area is 238 Å². The minimum atomic E-state index is -1.46. The Hall–Kier alpha value is -1.69. The van der Waals surface area contributed by atoms with E-state index in [-0.39, 0.29) is 0 Å². The molecule has 0 saturated heterocycles. The zero-order chi connectivity index (χ0) is 28.7. The van der Waals surface area contributed by atoms with Gasteiger partial charge >= 0.3 is 0 Å². The lowest BCUT2D eigenvalue weighted by Crippen LogP contribution is -2.42. The van der Waals surface area contributed by atoms with Crippen molar-refractivity contribution in [2.24, 2.45) is 29.6 Å². The number of likely N-dealkylation sites (N-methyl/N-ethyl adjacent to an activating group) is 1. The second-order valence-electron chi connectivity index (χ2n) is 12.9. The van der Waals surface area contributed by atoms with Crippen LogP contribution in [-0.2, 0) is 0 Å². The first-order valence-electron chi connectivity index (χ1n) is 15.4. The van der Waals surface area contributed by atoms with E-state index in [1.807, 2.05) is 31.1 Å². The molecule has 0 aromatic heterocycles. The van der Waals surface area contributed by atoms with Gasteiger partial charge in [-0.3, -0.25) is 4.90 Å². The fraction of sp³-hybridized carbons (Fsp3) is 0.706. The molecule has 9 atom stereocenters. The zero-order valence-corrected chi connectivity index (χ0v) is 25.6. The van der Waals surface area contributed by atoms with E-state index in [2.05, 4.69) is 57.8 Å². The van der Waals surface area contributed by atoms with Crippen LogP contribution in [0.3, 0.4) is 0 Å². The molecule has 1 saturated carbocycles. The number of halogens is 1. The molecule has 0 bridgehead atoms. The van der Waals surface area contributed by atoms with Crippen molar-refractivity contribution in [2.75, 3.05) is 20.6 Å². The van der Waals surface area contributed by atoms with Gasteiger partial charge in [-0.25, -0.2) is 0 Å². The summed E-state index contributed by atoms with van der Waals surface area (Å²) in [6, 6.07) is 8.60. The third kappa shape index (κ3) is 8.65. The second kappa shape index (κ2) is 14.8. The molecule has 5 heteroatoms. The van der Waals surface area contributed by atoms with Gasteiger partial charge in [0.25, 0.3) is 6.36 Å². The molecule has 0 heterocycles. The first-order chi connectivity index (χ1) is 18.5. The summed E-state index contributed by atoms with van der Waals surface area (Å²) in [6.45, 7) is 15.8. The summed E-state index contributed by atoms with van der Waals surface area (Å²) in [6.07, 6.45) is 8.57. The maximum atomic E-state index is 14.0. The fourth-order valence-electron chi connectivity index (χ4n) is 6.88. The molecule has 0 aliphatic heterocycles. The first kappa shape index (κ1) is 31.8. The SMILES string of the molecule is C=C(C)C(F)Oc1ccc(C2CC(CCCC)C(CNC3CC=C(C(O)N(C)C)C(C)C3)[C@@H](C)C(C)C2)cc1. The third-order valence-corrected chi connectivity index (χ3v) is 9.60. The number of benzene rings is 1. The lowest BCUT2D eigenvalue weighted by atomic mass is 9.75. The van der Waals surface area contributed by atoms with E-state index in [4.69, 9.17) is 4.74 Å². The molecule has 2 aliphatic rings. The van der Waals surface area contributed by atoms with Gasteiger partial charge in [-0.2, -0.15) is 4.39 Å². The van der Waals surface area contributed by atoms with Crippen molar-refractivity contribution >= 4 is 0 Å². The highest BCUT2D eigenvalue weighted by molar-refractivity contribution is 5.30. The zero-order valence-electron chi connectivity index (χ0n) is 25.6. The highest BCUT2D eigenvalue weighted by Crippen LogP contribution is 2.45. The molecule has 0 spiro atoms. The average Bonchev–Trinajstić information content (AvgIpc) is 3.01. The number of ether oxygens (including phenoxy) is 1. The van der Waals surface area contributed by atoms with Gasteiger partial charge < -0.3 is 15.2 Å². The Kier molecular flexibility index (Phi) is 12.1. The van der Waals surface area contributed by atoms with Gasteiger partial charge in [0.15, 0.2) is 0 Å². The number of unbranched alkanes of at least 4 members (excludes halogenated alkanes) is 1. The van der Waals surface area contributed by atoms with Crippen LogP contribution in [0.5, 0.6) is 5.75 Å². The molecule has 220 valence electrons. The summed E-state index contributed by atoms with van der Waals surface area (Å²) in [5, 5.41) is 14.5. The third-order valence-electron chi connectivity index (χ3n) is 9.60. The Balaban J connectivity index is 1.70. The lowest BCUT2D eigenvalue weighted by Gasteiger charge is -2.36. The lowest BCUT2D eigenvalue weighted by molar-refractivity contribution is 0.0609. The summed E-state index contributed by atoms with van der Waals surface area (Å²) < 4.78 is 19.4. The molecule has 0 radical (unpaired) electrons. The number of nitrogens with one attached hydrogen (secondary N) is 1. The minimum Gasteiger partial charge on any atom is -0.457 e.